The predicted octanol–water partition coefficient (Wildman–Crippen LogP) is 4.01. The van der Waals surface area contributed by atoms with E-state index in [2.05, 4.69) is 0 Å². The molecule has 0 saturated carbocycles. The van der Waals surface area contributed by atoms with Gasteiger partial charge >= 0.3 is 5.97 Å². The molecule has 0 N–H and O–H groups in total. The number of thiophene rings is 1. The minimum atomic E-state index is -0.841. The van der Waals surface area contributed by atoms with Gasteiger partial charge < -0.3 is 14.4 Å². The second kappa shape index (κ2) is 7.79. The second-order valence-electron chi connectivity index (χ2n) is 6.70. The Hall–Kier alpha value is -3.00. The number of hydrogen-bond donors (Lipinski definition) is 0. The Kier molecular flexibility index (Phi) is 5.19. The number of halogens is 2. The Morgan fingerprint density at radius 1 is 1.14 bits per heavy atom. The average molecular weight is 417 g/mol. The van der Waals surface area contributed by atoms with E-state index in [-0.39, 0.29) is 30.4 Å². The Morgan fingerprint density at radius 3 is 2.69 bits per heavy atom. The van der Waals surface area contributed by atoms with Crippen LogP contribution in [0.1, 0.15) is 16.1 Å². The molecule has 3 aromatic rings. The van der Waals surface area contributed by atoms with Crippen molar-refractivity contribution in [3.8, 4) is 5.75 Å². The molecule has 2 aromatic carbocycles. The van der Waals surface area contributed by atoms with Crippen molar-refractivity contribution in [2.75, 3.05) is 13.7 Å². The van der Waals surface area contributed by atoms with Crippen LogP contribution in [0, 0.1) is 11.6 Å². The number of rotatable bonds is 4. The summed E-state index contributed by atoms with van der Waals surface area (Å²) in [5, 5.41) is 0.617. The lowest BCUT2D eigenvalue weighted by molar-refractivity contribution is -0.145. The van der Waals surface area contributed by atoms with Crippen LogP contribution in [-0.4, -0.2) is 42.6 Å². The second-order valence-corrected chi connectivity index (χ2v) is 7.78. The number of para-hydroxylation sites is 1. The van der Waals surface area contributed by atoms with Crippen molar-refractivity contribution >= 4 is 33.3 Å². The van der Waals surface area contributed by atoms with Crippen molar-refractivity contribution in [3.05, 3.63) is 65.0 Å². The number of ether oxygens (including phenoxy) is 2. The van der Waals surface area contributed by atoms with Crippen LogP contribution in [0.5, 0.6) is 5.75 Å². The van der Waals surface area contributed by atoms with Gasteiger partial charge in [-0.05, 0) is 41.8 Å². The Morgan fingerprint density at radius 2 is 1.93 bits per heavy atom. The molecule has 29 heavy (non-hydrogen) atoms. The van der Waals surface area contributed by atoms with E-state index in [0.717, 1.165) is 4.70 Å². The molecule has 1 aliphatic rings. The first-order valence-corrected chi connectivity index (χ1v) is 9.77. The van der Waals surface area contributed by atoms with Gasteiger partial charge in [0.2, 0.25) is 0 Å². The average Bonchev–Trinajstić information content (AvgIpc) is 3.32. The van der Waals surface area contributed by atoms with Crippen LogP contribution < -0.4 is 4.74 Å². The highest BCUT2D eigenvalue weighted by Gasteiger charge is 2.42. The van der Waals surface area contributed by atoms with Crippen LogP contribution in [0.3, 0.4) is 0 Å². The summed E-state index contributed by atoms with van der Waals surface area (Å²) in [5.41, 5.74) is 0. The van der Waals surface area contributed by atoms with Gasteiger partial charge in [0, 0.05) is 11.1 Å². The topological polar surface area (TPSA) is 55.8 Å². The van der Waals surface area contributed by atoms with Gasteiger partial charge in [0.15, 0.2) is 11.6 Å². The summed E-state index contributed by atoms with van der Waals surface area (Å²) < 4.78 is 38.7. The highest BCUT2D eigenvalue weighted by Crippen LogP contribution is 2.31. The molecule has 0 spiro atoms. The Bertz CT molecular complexity index is 1080. The van der Waals surface area contributed by atoms with E-state index in [0.29, 0.717) is 10.3 Å². The molecule has 2 heterocycles. The fourth-order valence-corrected chi connectivity index (χ4v) is 4.45. The summed E-state index contributed by atoms with van der Waals surface area (Å²) in [6.07, 6.45) is -0.376. The number of methoxy groups -OCH3 is 1. The number of hydrogen-bond acceptors (Lipinski definition) is 5. The lowest BCUT2D eigenvalue weighted by Crippen LogP contribution is -2.41. The van der Waals surface area contributed by atoms with E-state index in [1.807, 2.05) is 0 Å². The van der Waals surface area contributed by atoms with E-state index in [9.17, 15) is 18.4 Å². The number of likely N-dealkylation sites (tertiary alicyclic amines) is 1. The van der Waals surface area contributed by atoms with Crippen LogP contribution in [-0.2, 0) is 9.53 Å². The smallest absolute Gasteiger partial charge is 0.328 e. The van der Waals surface area contributed by atoms with E-state index >= 15 is 0 Å². The molecule has 1 amide bonds. The van der Waals surface area contributed by atoms with Gasteiger partial charge in [-0.1, -0.05) is 12.1 Å². The molecule has 0 aliphatic carbocycles. The zero-order chi connectivity index (χ0) is 20.5. The van der Waals surface area contributed by atoms with Crippen LogP contribution in [0.25, 0.3) is 10.1 Å². The molecule has 150 valence electrons. The molecule has 1 aromatic heterocycles. The minimum absolute atomic E-state index is 0.0627. The molecule has 1 aliphatic heterocycles. The third-order valence-electron chi connectivity index (χ3n) is 4.82. The van der Waals surface area contributed by atoms with Crippen molar-refractivity contribution in [1.29, 1.82) is 0 Å². The number of esters is 1. The zero-order valence-corrected chi connectivity index (χ0v) is 16.2. The monoisotopic (exact) mass is 417 g/mol. The molecule has 0 bridgehead atoms. The molecule has 5 nitrogen and oxygen atoms in total. The highest BCUT2D eigenvalue weighted by atomic mass is 32.1. The standard InChI is InChI=1S/C21H17F2NO4S/c1-27-21(26)16-10-14(28-17-5-3-2-4-15(17)23)11-24(16)20(25)19-9-12-8-13(22)6-7-18(12)29-19/h2-9,14,16H,10-11H2,1H3. The van der Waals surface area contributed by atoms with E-state index in [1.54, 1.807) is 24.3 Å². The summed E-state index contributed by atoms with van der Waals surface area (Å²) in [6.45, 7) is 0.107. The van der Waals surface area contributed by atoms with Gasteiger partial charge in [0.1, 0.15) is 18.0 Å². The van der Waals surface area contributed by atoms with Crippen molar-refractivity contribution in [3.63, 3.8) is 0 Å². The summed E-state index contributed by atoms with van der Waals surface area (Å²) in [6, 6.07) is 11.0. The number of carbonyl (C=O) groups is 2. The third kappa shape index (κ3) is 3.80. The molecular formula is C21H17F2NO4S. The molecule has 2 unspecified atom stereocenters. The number of nitrogens with zero attached hydrogens (tertiary/aromatic N) is 1. The van der Waals surface area contributed by atoms with E-state index in [1.165, 1.54) is 47.6 Å². The van der Waals surface area contributed by atoms with Crippen molar-refractivity contribution < 1.29 is 27.8 Å². The summed E-state index contributed by atoms with van der Waals surface area (Å²) >= 11 is 1.22. The molecule has 8 heteroatoms. The number of fused-ring (bicyclic) bond motifs is 1. The summed E-state index contributed by atoms with van der Waals surface area (Å²) in [4.78, 5) is 27.1. The first-order valence-electron chi connectivity index (χ1n) is 8.95. The maximum Gasteiger partial charge on any atom is 0.328 e. The minimum Gasteiger partial charge on any atom is -0.485 e. The van der Waals surface area contributed by atoms with E-state index in [4.69, 9.17) is 9.47 Å². The SMILES string of the molecule is COC(=O)C1CC(Oc2ccccc2F)CN1C(=O)c1cc2cc(F)ccc2s1. The van der Waals surface area contributed by atoms with Crippen molar-refractivity contribution in [2.24, 2.45) is 0 Å². The Balaban J connectivity index is 1.59. The fourth-order valence-electron chi connectivity index (χ4n) is 3.45. The number of benzene rings is 2. The van der Waals surface area contributed by atoms with Crippen LogP contribution in [0.15, 0.2) is 48.5 Å². The normalized spacial score (nSPS) is 18.8. The first-order chi connectivity index (χ1) is 14.0. The number of amides is 1. The molecule has 2 atom stereocenters. The lowest BCUT2D eigenvalue weighted by Gasteiger charge is -2.21. The van der Waals surface area contributed by atoms with Crippen LogP contribution in [0.4, 0.5) is 8.78 Å². The van der Waals surface area contributed by atoms with Gasteiger partial charge in [-0.2, -0.15) is 0 Å². The van der Waals surface area contributed by atoms with E-state index < -0.39 is 23.9 Å². The Labute approximate surface area is 169 Å². The van der Waals surface area contributed by atoms with Gasteiger partial charge in [0.05, 0.1) is 18.5 Å². The van der Waals surface area contributed by atoms with Crippen LogP contribution >= 0.6 is 11.3 Å². The highest BCUT2D eigenvalue weighted by molar-refractivity contribution is 7.20. The van der Waals surface area contributed by atoms with Crippen LogP contribution in [0.2, 0.25) is 0 Å². The summed E-state index contributed by atoms with van der Waals surface area (Å²) in [7, 11) is 1.25. The third-order valence-corrected chi connectivity index (χ3v) is 5.92. The van der Waals surface area contributed by atoms with Crippen molar-refractivity contribution in [2.45, 2.75) is 18.6 Å². The van der Waals surface area contributed by atoms with Gasteiger partial charge in [-0.15, -0.1) is 11.3 Å². The maximum atomic E-state index is 13.9. The molecule has 4 rings (SSSR count). The first kappa shape index (κ1) is 19.3. The molecule has 1 fully saturated rings. The van der Waals surface area contributed by atoms with Gasteiger partial charge in [-0.3, -0.25) is 4.79 Å². The summed E-state index contributed by atoms with van der Waals surface area (Å²) in [5.74, 6) is -1.78. The quantitative estimate of drug-likeness (QED) is 0.602. The molecular weight excluding hydrogens is 400 g/mol. The van der Waals surface area contributed by atoms with Crippen molar-refractivity contribution in [1.82, 2.24) is 4.90 Å². The van der Waals surface area contributed by atoms with Gasteiger partial charge in [0.25, 0.3) is 5.91 Å². The van der Waals surface area contributed by atoms with Gasteiger partial charge in [-0.25, -0.2) is 13.6 Å². The molecule has 0 radical (unpaired) electrons. The number of carbonyl (C=O) groups excluding carboxylic acids is 2. The predicted molar refractivity (Wildman–Crippen MR) is 104 cm³/mol. The lowest BCUT2D eigenvalue weighted by atomic mass is 10.2. The fraction of sp³-hybridized carbons (Fsp3) is 0.238. The zero-order valence-electron chi connectivity index (χ0n) is 15.4. The maximum absolute atomic E-state index is 13.9. The largest absolute Gasteiger partial charge is 0.485 e. The molecule has 1 saturated heterocycles.